The topological polar surface area (TPSA) is 37.9 Å². The number of para-hydroxylation sites is 1. The maximum atomic E-state index is 6.57. The van der Waals surface area contributed by atoms with Crippen molar-refractivity contribution in [1.29, 1.82) is 0 Å². The molecule has 2 heterocycles. The van der Waals surface area contributed by atoms with Crippen molar-refractivity contribution in [1.82, 2.24) is 0 Å². The van der Waals surface area contributed by atoms with Crippen LogP contribution in [0.4, 0.5) is 0 Å². The molecule has 1 aliphatic heterocycles. The summed E-state index contributed by atoms with van der Waals surface area (Å²) in [5, 5.41) is 4.48. The summed E-state index contributed by atoms with van der Waals surface area (Å²) in [4.78, 5) is 10.9. The van der Waals surface area contributed by atoms with Crippen LogP contribution in [-0.4, -0.2) is 11.5 Å². The van der Waals surface area contributed by atoms with Crippen LogP contribution in [0, 0.1) is 0 Å². The third-order valence-corrected chi connectivity index (χ3v) is 10.3. The fraction of sp³-hybridized carbons (Fsp3) is 0. The van der Waals surface area contributed by atoms with E-state index in [9.17, 15) is 0 Å². The Kier molecular flexibility index (Phi) is 8.16. The van der Waals surface area contributed by atoms with Gasteiger partial charge >= 0.3 is 0 Å². The maximum Gasteiger partial charge on any atom is 0.160 e. The van der Waals surface area contributed by atoms with Gasteiger partial charge in [0.2, 0.25) is 0 Å². The van der Waals surface area contributed by atoms with Gasteiger partial charge in [-0.25, -0.2) is 9.98 Å². The molecule has 3 heteroatoms. The predicted molar refractivity (Wildman–Crippen MR) is 231 cm³/mol. The van der Waals surface area contributed by atoms with Crippen LogP contribution in [0.2, 0.25) is 0 Å². The highest BCUT2D eigenvalue weighted by Crippen LogP contribution is 2.39. The van der Waals surface area contributed by atoms with E-state index in [1.165, 1.54) is 10.8 Å². The molecule has 1 aromatic heterocycles. The van der Waals surface area contributed by atoms with E-state index in [1.54, 1.807) is 0 Å². The third-order valence-electron chi connectivity index (χ3n) is 10.3. The first-order valence-corrected chi connectivity index (χ1v) is 18.6. The van der Waals surface area contributed by atoms with Crippen molar-refractivity contribution in [2.45, 2.75) is 0 Å². The Morgan fingerprint density at radius 2 is 1.00 bits per heavy atom. The number of fused-ring (bicyclic) bond motifs is 4. The lowest BCUT2D eigenvalue weighted by Gasteiger charge is -2.14. The number of rotatable bonds is 6. The Morgan fingerprint density at radius 3 is 1.78 bits per heavy atom. The molecule has 0 saturated carbocycles. The van der Waals surface area contributed by atoms with Crippen molar-refractivity contribution in [3.63, 3.8) is 0 Å². The van der Waals surface area contributed by atoms with Gasteiger partial charge in [0.25, 0.3) is 0 Å². The van der Waals surface area contributed by atoms with E-state index in [0.29, 0.717) is 5.84 Å². The number of benzene rings is 8. The number of furan rings is 1. The zero-order valence-electron chi connectivity index (χ0n) is 29.9. The predicted octanol–water partition coefficient (Wildman–Crippen LogP) is 13.6. The first kappa shape index (κ1) is 32.3. The van der Waals surface area contributed by atoms with Crippen molar-refractivity contribution in [2.24, 2.45) is 9.98 Å². The molecule has 10 rings (SSSR count). The number of amidine groups is 1. The standard InChI is InChI=1S/C52H34N2O/c1-3-14-35(15-4-1)39-20-11-22-42(31-39)47-25-13-26-48(54-52(53-47)43-23-12-21-40(32-43)36-16-5-2-6-17-36)46-33-44(41-29-28-37-18-7-8-19-38(37)30-41)34-50-51(46)45-24-9-10-27-49(45)55-50/h1-34H/b25-13+,26-13?,47-25?,48-26+,53-47+,53-52?,54-48?,54-52-. The van der Waals surface area contributed by atoms with Crippen LogP contribution in [0.5, 0.6) is 0 Å². The van der Waals surface area contributed by atoms with Crippen LogP contribution in [-0.2, 0) is 0 Å². The van der Waals surface area contributed by atoms with E-state index >= 15 is 0 Å². The van der Waals surface area contributed by atoms with Gasteiger partial charge in [0.05, 0.1) is 11.4 Å². The molecule has 9 aromatic rings. The molecule has 0 atom stereocenters. The Hall–Kier alpha value is -7.36. The van der Waals surface area contributed by atoms with Gasteiger partial charge in [-0.05, 0) is 92.7 Å². The quantitative estimate of drug-likeness (QED) is 0.170. The summed E-state index contributed by atoms with van der Waals surface area (Å²) in [7, 11) is 0. The summed E-state index contributed by atoms with van der Waals surface area (Å²) >= 11 is 0. The van der Waals surface area contributed by atoms with Crippen molar-refractivity contribution < 1.29 is 4.42 Å². The second-order valence-corrected chi connectivity index (χ2v) is 13.8. The minimum absolute atomic E-state index is 0.630. The fourth-order valence-corrected chi connectivity index (χ4v) is 7.55. The number of hydrogen-bond acceptors (Lipinski definition) is 3. The van der Waals surface area contributed by atoms with Gasteiger partial charge in [-0.1, -0.05) is 158 Å². The van der Waals surface area contributed by atoms with Crippen LogP contribution in [0.3, 0.4) is 0 Å². The van der Waals surface area contributed by atoms with Crippen LogP contribution in [0.15, 0.2) is 221 Å². The number of aliphatic imine (C=N–C) groups is 2. The minimum atomic E-state index is 0.630. The smallest absolute Gasteiger partial charge is 0.160 e. The highest BCUT2D eigenvalue weighted by Gasteiger charge is 2.19. The van der Waals surface area contributed by atoms with E-state index in [2.05, 4.69) is 182 Å². The van der Waals surface area contributed by atoms with Crippen molar-refractivity contribution in [2.75, 3.05) is 0 Å². The second-order valence-electron chi connectivity index (χ2n) is 13.8. The molecular formula is C52H34N2O. The Morgan fingerprint density at radius 1 is 0.382 bits per heavy atom. The summed E-state index contributed by atoms with van der Waals surface area (Å²) in [6.07, 6.45) is 6.27. The number of allylic oxidation sites excluding steroid dienone is 3. The molecule has 0 bridgehead atoms. The average Bonchev–Trinajstić information content (AvgIpc) is 3.63. The monoisotopic (exact) mass is 702 g/mol. The zero-order valence-corrected chi connectivity index (χ0v) is 29.9. The summed E-state index contributed by atoms with van der Waals surface area (Å²) in [5.74, 6) is 0.630. The van der Waals surface area contributed by atoms with Gasteiger partial charge in [-0.2, -0.15) is 0 Å². The molecule has 1 aliphatic rings. The Bertz CT molecular complexity index is 3020. The molecule has 0 N–H and O–H groups in total. The first-order valence-electron chi connectivity index (χ1n) is 18.6. The Balaban J connectivity index is 1.18. The zero-order chi connectivity index (χ0) is 36.6. The molecule has 0 amide bonds. The molecule has 0 radical (unpaired) electrons. The van der Waals surface area contributed by atoms with Crippen LogP contribution < -0.4 is 0 Å². The molecule has 0 spiro atoms. The van der Waals surface area contributed by atoms with Crippen molar-refractivity contribution in [3.05, 3.63) is 223 Å². The molecule has 55 heavy (non-hydrogen) atoms. The van der Waals surface area contributed by atoms with Gasteiger partial charge in [0, 0.05) is 27.5 Å². The van der Waals surface area contributed by atoms with Gasteiger partial charge in [0.15, 0.2) is 5.84 Å². The van der Waals surface area contributed by atoms with Gasteiger partial charge in [0.1, 0.15) is 11.2 Å². The maximum absolute atomic E-state index is 6.57. The van der Waals surface area contributed by atoms with E-state index in [1.807, 2.05) is 24.3 Å². The lowest BCUT2D eigenvalue weighted by atomic mass is 9.95. The Labute approximate surface area is 319 Å². The van der Waals surface area contributed by atoms with E-state index in [0.717, 1.165) is 83.4 Å². The van der Waals surface area contributed by atoms with Crippen molar-refractivity contribution in [3.8, 4) is 33.4 Å². The fourth-order valence-electron chi connectivity index (χ4n) is 7.55. The lowest BCUT2D eigenvalue weighted by Crippen LogP contribution is -2.07. The van der Waals surface area contributed by atoms with Gasteiger partial charge in [-0.15, -0.1) is 0 Å². The molecular weight excluding hydrogens is 669 g/mol. The molecule has 258 valence electrons. The SMILES string of the molecule is C1=C/C(c2cccc(-c3ccccc3)c2)=N\C(c2cccc(-c3ccccc3)c2)=N/C(c2cc(-c3ccc4ccccc4c3)cc3oc4ccccc4c23)=C/1. The van der Waals surface area contributed by atoms with Crippen LogP contribution in [0.25, 0.3) is 71.8 Å². The highest BCUT2D eigenvalue weighted by atomic mass is 16.3. The third kappa shape index (κ3) is 6.28. The average molecular weight is 703 g/mol. The summed E-state index contributed by atoms with van der Waals surface area (Å²) in [5.41, 5.74) is 12.9. The van der Waals surface area contributed by atoms with Gasteiger partial charge in [-0.3, -0.25) is 0 Å². The minimum Gasteiger partial charge on any atom is -0.456 e. The summed E-state index contributed by atoms with van der Waals surface area (Å²) < 4.78 is 6.57. The van der Waals surface area contributed by atoms with Gasteiger partial charge < -0.3 is 4.42 Å². The molecule has 8 aromatic carbocycles. The van der Waals surface area contributed by atoms with Crippen molar-refractivity contribution >= 4 is 50.0 Å². The number of nitrogens with zero attached hydrogens (tertiary/aromatic N) is 2. The molecule has 0 fully saturated rings. The van der Waals surface area contributed by atoms with Crippen LogP contribution >= 0.6 is 0 Å². The largest absolute Gasteiger partial charge is 0.456 e. The molecule has 0 unspecified atom stereocenters. The summed E-state index contributed by atoms with van der Waals surface area (Å²) in [6, 6.07) is 65.7. The lowest BCUT2D eigenvalue weighted by molar-refractivity contribution is 0.669. The summed E-state index contributed by atoms with van der Waals surface area (Å²) in [6.45, 7) is 0. The molecule has 0 aliphatic carbocycles. The second kappa shape index (κ2) is 13.9. The van der Waals surface area contributed by atoms with E-state index in [4.69, 9.17) is 14.4 Å². The van der Waals surface area contributed by atoms with E-state index in [-0.39, 0.29) is 0 Å². The van der Waals surface area contributed by atoms with E-state index < -0.39 is 0 Å². The van der Waals surface area contributed by atoms with Crippen LogP contribution in [0.1, 0.15) is 16.7 Å². The number of hydrogen-bond donors (Lipinski definition) is 0. The molecule has 0 saturated heterocycles. The first-order chi connectivity index (χ1) is 27.2. The highest BCUT2D eigenvalue weighted by molar-refractivity contribution is 6.20. The molecule has 3 nitrogen and oxygen atoms in total. The normalized spacial score (nSPS) is 16.4.